The van der Waals surface area contributed by atoms with E-state index in [9.17, 15) is 0 Å². The largest absolute Gasteiger partial charge is 0.465 e. The second-order valence-electron chi connectivity index (χ2n) is 3.33. The smallest absolute Gasteiger partial charge is 0.118 e. The first kappa shape index (κ1) is 10.3. The molecule has 3 heteroatoms. The fraction of sp³-hybridized carbons (Fsp3) is 0.600. The van der Waals surface area contributed by atoms with Gasteiger partial charge in [0.1, 0.15) is 11.5 Å². The fourth-order valence-corrected chi connectivity index (χ4v) is 1.26. The fourth-order valence-electron chi connectivity index (χ4n) is 1.26. The van der Waals surface area contributed by atoms with Gasteiger partial charge >= 0.3 is 0 Å². The van der Waals surface area contributed by atoms with Crippen LogP contribution in [0.25, 0.3) is 0 Å². The van der Waals surface area contributed by atoms with Crippen molar-refractivity contribution in [2.45, 2.75) is 19.9 Å². The topological polar surface area (TPSA) is 36.6 Å². The van der Waals surface area contributed by atoms with Crippen LogP contribution in [0.5, 0.6) is 0 Å². The minimum atomic E-state index is 0.252. The zero-order valence-electron chi connectivity index (χ0n) is 8.29. The maximum absolute atomic E-state index is 8.64. The zero-order chi connectivity index (χ0) is 9.68. The maximum atomic E-state index is 8.64. The van der Waals surface area contributed by atoms with Gasteiger partial charge in [0.15, 0.2) is 0 Å². The molecule has 0 atom stereocenters. The predicted molar refractivity (Wildman–Crippen MR) is 51.5 cm³/mol. The second-order valence-corrected chi connectivity index (χ2v) is 3.33. The Labute approximate surface area is 79.0 Å². The molecule has 1 heterocycles. The third-order valence-electron chi connectivity index (χ3n) is 1.92. The van der Waals surface area contributed by atoms with E-state index in [2.05, 4.69) is 4.90 Å². The van der Waals surface area contributed by atoms with Crippen LogP contribution in [0.1, 0.15) is 17.9 Å². The molecule has 0 fully saturated rings. The van der Waals surface area contributed by atoms with Gasteiger partial charge in [-0.3, -0.25) is 4.90 Å². The lowest BCUT2D eigenvalue weighted by atomic mass is 10.3. The van der Waals surface area contributed by atoms with Crippen molar-refractivity contribution in [3.05, 3.63) is 23.7 Å². The highest BCUT2D eigenvalue weighted by Crippen LogP contribution is 2.08. The summed E-state index contributed by atoms with van der Waals surface area (Å²) in [6.45, 7) is 3.91. The molecule has 1 aromatic heterocycles. The van der Waals surface area contributed by atoms with Gasteiger partial charge in [0, 0.05) is 13.2 Å². The lowest BCUT2D eigenvalue weighted by Gasteiger charge is -2.13. The molecule has 0 saturated heterocycles. The third kappa shape index (κ3) is 3.61. The molecule has 1 N–H and O–H groups in total. The molecular weight excluding hydrogens is 166 g/mol. The molecule has 0 unspecified atom stereocenters. The van der Waals surface area contributed by atoms with E-state index >= 15 is 0 Å². The third-order valence-corrected chi connectivity index (χ3v) is 1.92. The van der Waals surface area contributed by atoms with Gasteiger partial charge in [0.05, 0.1) is 6.54 Å². The SMILES string of the molecule is Cc1ccc(CN(C)CCCO)o1. The first-order chi connectivity index (χ1) is 6.22. The molecule has 0 saturated carbocycles. The number of hydrogen-bond donors (Lipinski definition) is 1. The van der Waals surface area contributed by atoms with E-state index in [1.54, 1.807) is 0 Å². The van der Waals surface area contributed by atoms with E-state index in [1.807, 2.05) is 26.1 Å². The van der Waals surface area contributed by atoms with E-state index in [4.69, 9.17) is 9.52 Å². The van der Waals surface area contributed by atoms with Gasteiger partial charge in [-0.05, 0) is 32.5 Å². The molecule has 0 amide bonds. The Kier molecular flexibility index (Phi) is 3.99. The summed E-state index contributed by atoms with van der Waals surface area (Å²) in [5.41, 5.74) is 0. The van der Waals surface area contributed by atoms with Crippen molar-refractivity contribution in [3.8, 4) is 0 Å². The Hall–Kier alpha value is -0.800. The van der Waals surface area contributed by atoms with E-state index in [0.29, 0.717) is 0 Å². The highest BCUT2D eigenvalue weighted by molar-refractivity contribution is 5.05. The van der Waals surface area contributed by atoms with Gasteiger partial charge in [0.25, 0.3) is 0 Å². The quantitative estimate of drug-likeness (QED) is 0.749. The molecule has 1 aromatic rings. The Bertz CT molecular complexity index is 245. The number of aryl methyl sites for hydroxylation is 1. The molecule has 13 heavy (non-hydrogen) atoms. The monoisotopic (exact) mass is 183 g/mol. The predicted octanol–water partition coefficient (Wildman–Crippen LogP) is 1.40. The molecule has 0 aromatic carbocycles. The molecule has 74 valence electrons. The molecule has 3 nitrogen and oxygen atoms in total. The standard InChI is InChI=1S/C10H17NO2/c1-9-4-5-10(13-9)8-11(2)6-3-7-12/h4-5,12H,3,6-8H2,1-2H3. The minimum Gasteiger partial charge on any atom is -0.465 e. The highest BCUT2D eigenvalue weighted by atomic mass is 16.3. The number of hydrogen-bond acceptors (Lipinski definition) is 3. The maximum Gasteiger partial charge on any atom is 0.118 e. The Balaban J connectivity index is 2.31. The van der Waals surface area contributed by atoms with Crippen LogP contribution in [-0.2, 0) is 6.54 Å². The van der Waals surface area contributed by atoms with Crippen LogP contribution in [0, 0.1) is 6.92 Å². The van der Waals surface area contributed by atoms with Crippen LogP contribution < -0.4 is 0 Å². The summed E-state index contributed by atoms with van der Waals surface area (Å²) in [7, 11) is 2.02. The van der Waals surface area contributed by atoms with Gasteiger partial charge in [-0.15, -0.1) is 0 Å². The molecule has 0 aliphatic carbocycles. The summed E-state index contributed by atoms with van der Waals surface area (Å²) < 4.78 is 5.43. The minimum absolute atomic E-state index is 0.252. The summed E-state index contributed by atoms with van der Waals surface area (Å²) in [6, 6.07) is 3.96. The van der Waals surface area contributed by atoms with Gasteiger partial charge in [-0.2, -0.15) is 0 Å². The number of nitrogens with zero attached hydrogens (tertiary/aromatic N) is 1. The molecule has 0 spiro atoms. The van der Waals surface area contributed by atoms with Crippen LogP contribution in [0.4, 0.5) is 0 Å². The molecule has 0 bridgehead atoms. The first-order valence-electron chi connectivity index (χ1n) is 4.57. The van der Waals surface area contributed by atoms with E-state index in [-0.39, 0.29) is 6.61 Å². The van der Waals surface area contributed by atoms with Crippen molar-refractivity contribution in [1.29, 1.82) is 0 Å². The Morgan fingerprint density at radius 2 is 2.23 bits per heavy atom. The Morgan fingerprint density at radius 1 is 1.46 bits per heavy atom. The van der Waals surface area contributed by atoms with Crippen molar-refractivity contribution >= 4 is 0 Å². The lowest BCUT2D eigenvalue weighted by Crippen LogP contribution is -2.19. The average molecular weight is 183 g/mol. The second kappa shape index (κ2) is 5.04. The zero-order valence-corrected chi connectivity index (χ0v) is 8.29. The summed E-state index contributed by atoms with van der Waals surface area (Å²) in [4.78, 5) is 2.13. The van der Waals surface area contributed by atoms with Gasteiger partial charge in [-0.25, -0.2) is 0 Å². The number of aliphatic hydroxyl groups excluding tert-OH is 1. The van der Waals surface area contributed by atoms with Crippen LogP contribution in [0.15, 0.2) is 16.5 Å². The van der Waals surface area contributed by atoms with Crippen molar-refractivity contribution < 1.29 is 9.52 Å². The number of rotatable bonds is 5. The van der Waals surface area contributed by atoms with Crippen LogP contribution in [-0.4, -0.2) is 30.2 Å². The van der Waals surface area contributed by atoms with Crippen LogP contribution in [0.2, 0.25) is 0 Å². The summed E-state index contributed by atoms with van der Waals surface area (Å²) in [6.07, 6.45) is 0.816. The van der Waals surface area contributed by atoms with Gasteiger partial charge < -0.3 is 9.52 Å². The Morgan fingerprint density at radius 3 is 2.77 bits per heavy atom. The first-order valence-corrected chi connectivity index (χ1v) is 4.57. The van der Waals surface area contributed by atoms with E-state index in [0.717, 1.165) is 31.0 Å². The van der Waals surface area contributed by atoms with Crippen molar-refractivity contribution in [2.24, 2.45) is 0 Å². The van der Waals surface area contributed by atoms with E-state index in [1.165, 1.54) is 0 Å². The molecule has 0 aliphatic rings. The van der Waals surface area contributed by atoms with Crippen molar-refractivity contribution in [2.75, 3.05) is 20.2 Å². The van der Waals surface area contributed by atoms with Crippen LogP contribution in [0.3, 0.4) is 0 Å². The average Bonchev–Trinajstić information content (AvgIpc) is 2.48. The lowest BCUT2D eigenvalue weighted by molar-refractivity contribution is 0.234. The van der Waals surface area contributed by atoms with E-state index < -0.39 is 0 Å². The van der Waals surface area contributed by atoms with Crippen molar-refractivity contribution in [3.63, 3.8) is 0 Å². The van der Waals surface area contributed by atoms with Crippen LogP contribution >= 0.6 is 0 Å². The molecule has 0 aliphatic heterocycles. The summed E-state index contributed by atoms with van der Waals surface area (Å²) >= 11 is 0. The molecule has 1 rings (SSSR count). The number of furan rings is 1. The highest BCUT2D eigenvalue weighted by Gasteiger charge is 2.02. The molecular formula is C10H17NO2. The number of aliphatic hydroxyl groups is 1. The normalized spacial score (nSPS) is 11.1. The van der Waals surface area contributed by atoms with Crippen molar-refractivity contribution in [1.82, 2.24) is 4.90 Å². The van der Waals surface area contributed by atoms with Gasteiger partial charge in [-0.1, -0.05) is 0 Å². The summed E-state index contributed by atoms with van der Waals surface area (Å²) in [5, 5.41) is 8.64. The summed E-state index contributed by atoms with van der Waals surface area (Å²) in [5.74, 6) is 1.93. The molecule has 0 radical (unpaired) electrons. The van der Waals surface area contributed by atoms with Gasteiger partial charge in [0.2, 0.25) is 0 Å².